The van der Waals surface area contributed by atoms with Gasteiger partial charge in [0, 0.05) is 55.4 Å². The van der Waals surface area contributed by atoms with Crippen LogP contribution < -0.4 is 16.3 Å². The molecule has 0 amide bonds. The predicted molar refractivity (Wildman–Crippen MR) is 239 cm³/mol. The average Bonchev–Trinajstić information content (AvgIpc) is 3.88. The maximum Gasteiger partial charge on any atom is 0.488 e. The Bertz CT molecular complexity index is 3350. The number of nitrogens with zero attached hydrogens (tertiary/aromatic N) is 6. The number of para-hydroxylation sites is 2. The zero-order valence-corrected chi connectivity index (χ0v) is 33.4. The second kappa shape index (κ2) is 17.6. The number of hydrogen-bond acceptors (Lipinski definition) is 8. The van der Waals surface area contributed by atoms with Crippen molar-refractivity contribution in [2.24, 2.45) is 0 Å². The van der Waals surface area contributed by atoms with Gasteiger partial charge in [-0.25, -0.2) is 27.8 Å². The van der Waals surface area contributed by atoms with E-state index < -0.39 is 12.9 Å². The summed E-state index contributed by atoms with van der Waals surface area (Å²) in [6, 6.07) is 33.9. The fourth-order valence-electron chi connectivity index (χ4n) is 6.57. The first-order valence-electron chi connectivity index (χ1n) is 18.4. The third kappa shape index (κ3) is 8.77. The van der Waals surface area contributed by atoms with Gasteiger partial charge in [0.2, 0.25) is 0 Å². The lowest BCUT2D eigenvalue weighted by Gasteiger charge is -2.04. The summed E-state index contributed by atoms with van der Waals surface area (Å²) in [4.78, 5) is 40.8. The molecule has 0 fully saturated rings. The normalized spacial score (nSPS) is 10.9. The molecule has 6 aromatic heterocycles. The summed E-state index contributed by atoms with van der Waals surface area (Å²) >= 11 is 3.41. The Kier molecular flexibility index (Phi) is 12.1. The van der Waals surface area contributed by atoms with Crippen molar-refractivity contribution in [2.75, 3.05) is 0 Å². The van der Waals surface area contributed by atoms with Crippen LogP contribution >= 0.6 is 15.9 Å². The van der Waals surface area contributed by atoms with E-state index in [1.165, 1.54) is 30.3 Å². The van der Waals surface area contributed by atoms with Crippen LogP contribution in [0.5, 0.6) is 0 Å². The molecule has 10 aromatic rings. The van der Waals surface area contributed by atoms with E-state index in [2.05, 4.69) is 46.1 Å². The number of pyridine rings is 4. The van der Waals surface area contributed by atoms with Gasteiger partial charge in [-0.1, -0.05) is 56.0 Å². The summed E-state index contributed by atoms with van der Waals surface area (Å²) in [5.74, 6) is 0.196. The molecule has 0 bridgehead atoms. The van der Waals surface area contributed by atoms with Crippen molar-refractivity contribution < 1.29 is 18.8 Å². The van der Waals surface area contributed by atoms with Crippen molar-refractivity contribution in [3.63, 3.8) is 0 Å². The summed E-state index contributed by atoms with van der Waals surface area (Å²) in [6.45, 7) is 3.56. The Balaban J connectivity index is 0.000000151. The van der Waals surface area contributed by atoms with E-state index >= 15 is 0 Å². The van der Waals surface area contributed by atoms with Crippen molar-refractivity contribution >= 4 is 61.6 Å². The van der Waals surface area contributed by atoms with E-state index in [-0.39, 0.29) is 29.6 Å². The van der Waals surface area contributed by atoms with Crippen LogP contribution in [-0.2, 0) is 0 Å². The fraction of sp³-hybridized carbons (Fsp3) is 0.0667. The van der Waals surface area contributed by atoms with Crippen LogP contribution in [0.2, 0.25) is 0 Å². The molecular weight excluding hydrogens is 845 g/mol. The SMILES string of the molecule is C.Cc1c(-c2nc3ccc(-c4cccc(F)c4)cn3n2)[nH]c2ccccc2c1=O.Cc1c(-c2nc3ccc(Br)cn3n2)[nH]c2ccccc2c1=O.OB(O)c1cccc(F)c1. The van der Waals surface area contributed by atoms with E-state index in [4.69, 9.17) is 10.0 Å². The Morgan fingerprint density at radius 3 is 1.64 bits per heavy atom. The first-order valence-corrected chi connectivity index (χ1v) is 19.2. The third-order valence-corrected chi connectivity index (χ3v) is 10.1. The minimum Gasteiger partial charge on any atom is -0.423 e. The highest BCUT2D eigenvalue weighted by Gasteiger charge is 2.16. The molecule has 16 heteroatoms. The van der Waals surface area contributed by atoms with Crippen molar-refractivity contribution in [3.05, 3.63) is 181 Å². The third-order valence-electron chi connectivity index (χ3n) is 9.67. The molecule has 0 aliphatic carbocycles. The first kappa shape index (κ1) is 42.0. The van der Waals surface area contributed by atoms with Crippen molar-refractivity contribution in [1.29, 1.82) is 0 Å². The molecule has 61 heavy (non-hydrogen) atoms. The zero-order valence-electron chi connectivity index (χ0n) is 31.8. The van der Waals surface area contributed by atoms with Crippen molar-refractivity contribution in [3.8, 4) is 34.2 Å². The van der Waals surface area contributed by atoms with Crippen LogP contribution in [0, 0.1) is 25.5 Å². The van der Waals surface area contributed by atoms with Crippen LogP contribution in [0.3, 0.4) is 0 Å². The molecular formula is C45H36BBrF2N8O4. The molecule has 0 saturated carbocycles. The lowest BCUT2D eigenvalue weighted by atomic mass is 9.80. The van der Waals surface area contributed by atoms with E-state index in [0.29, 0.717) is 50.6 Å². The summed E-state index contributed by atoms with van der Waals surface area (Å²) in [7, 11) is -1.59. The van der Waals surface area contributed by atoms with Crippen LogP contribution in [0.4, 0.5) is 8.78 Å². The number of halogens is 3. The monoisotopic (exact) mass is 880 g/mol. The number of hydrogen-bond donors (Lipinski definition) is 4. The molecule has 12 nitrogen and oxygen atoms in total. The minimum atomic E-state index is -1.59. The van der Waals surface area contributed by atoms with E-state index in [0.717, 1.165) is 38.3 Å². The highest BCUT2D eigenvalue weighted by molar-refractivity contribution is 9.10. The minimum absolute atomic E-state index is 0. The molecule has 4 aromatic carbocycles. The van der Waals surface area contributed by atoms with Gasteiger partial charge in [0.05, 0.1) is 11.4 Å². The predicted octanol–water partition coefficient (Wildman–Crippen LogP) is 7.80. The molecule has 4 N–H and O–H groups in total. The topological polar surface area (TPSA) is 167 Å². The molecule has 0 atom stereocenters. The lowest BCUT2D eigenvalue weighted by Crippen LogP contribution is -2.29. The lowest BCUT2D eigenvalue weighted by molar-refractivity contribution is 0.425. The van der Waals surface area contributed by atoms with Crippen LogP contribution in [-0.4, -0.2) is 56.3 Å². The molecule has 0 aliphatic heterocycles. The van der Waals surface area contributed by atoms with Gasteiger partial charge in [0.15, 0.2) is 33.8 Å². The summed E-state index contributed by atoms with van der Waals surface area (Å²) < 4.78 is 30.1. The Hall–Kier alpha value is -7.14. The molecule has 6 heterocycles. The quantitative estimate of drug-likeness (QED) is 0.130. The van der Waals surface area contributed by atoms with E-state index in [1.807, 2.05) is 79.0 Å². The van der Waals surface area contributed by atoms with Gasteiger partial charge in [0.25, 0.3) is 0 Å². The number of aromatic nitrogens is 8. The Morgan fingerprint density at radius 2 is 1.11 bits per heavy atom. The van der Waals surface area contributed by atoms with Gasteiger partial charge in [-0.15, -0.1) is 10.2 Å². The summed E-state index contributed by atoms with van der Waals surface area (Å²) in [5, 5.41) is 27.4. The molecule has 304 valence electrons. The summed E-state index contributed by atoms with van der Waals surface area (Å²) in [6.07, 6.45) is 3.63. The number of aromatic amines is 2. The van der Waals surface area contributed by atoms with Crippen LogP contribution in [0.1, 0.15) is 18.6 Å². The zero-order chi connectivity index (χ0) is 42.1. The molecule has 0 radical (unpaired) electrons. The molecule has 0 aliphatic rings. The van der Waals surface area contributed by atoms with Gasteiger partial charge in [0.1, 0.15) is 11.6 Å². The smallest absolute Gasteiger partial charge is 0.423 e. The number of rotatable bonds is 4. The van der Waals surface area contributed by atoms with Crippen LogP contribution in [0.25, 0.3) is 67.3 Å². The van der Waals surface area contributed by atoms with E-state index in [9.17, 15) is 18.4 Å². The molecule has 0 unspecified atom stereocenters. The number of benzene rings is 4. The Labute approximate surface area is 355 Å². The Morgan fingerprint density at radius 1 is 0.607 bits per heavy atom. The van der Waals surface area contributed by atoms with Crippen molar-refractivity contribution in [1.82, 2.24) is 39.2 Å². The maximum absolute atomic E-state index is 13.5. The van der Waals surface area contributed by atoms with Gasteiger partial charge < -0.3 is 20.0 Å². The standard InChI is InChI=1S/C22H15FN4O.C16H11BrN4O.C6H6BFO2.CH4/c1-13-20(24-18-8-3-2-7-17(18)21(13)28)22-25-19-10-9-15(12-27(19)26-22)14-5-4-6-16(23)11-14;1-9-14(18-12-5-3-2-4-11(12)15(9)22)16-19-13-7-6-10(17)8-21(13)20-16;8-6-3-1-2-5(4-6)7(9)10;/h2-12H,1H3,(H,24,28);2-8H,1H3,(H,18,22);1-4,9-10H;1H4. The second-order valence-corrected chi connectivity index (χ2v) is 14.6. The van der Waals surface area contributed by atoms with Gasteiger partial charge >= 0.3 is 7.12 Å². The van der Waals surface area contributed by atoms with Gasteiger partial charge in [-0.3, -0.25) is 9.59 Å². The average molecular weight is 882 g/mol. The van der Waals surface area contributed by atoms with Crippen LogP contribution in [0.15, 0.2) is 148 Å². The van der Waals surface area contributed by atoms with Crippen molar-refractivity contribution in [2.45, 2.75) is 21.3 Å². The fourth-order valence-corrected chi connectivity index (χ4v) is 6.90. The van der Waals surface area contributed by atoms with Gasteiger partial charge in [-0.2, -0.15) is 0 Å². The number of H-pyrrole nitrogens is 2. The highest BCUT2D eigenvalue weighted by Crippen LogP contribution is 2.24. The first-order chi connectivity index (χ1) is 28.9. The molecule has 0 saturated heterocycles. The van der Waals surface area contributed by atoms with E-state index in [1.54, 1.807) is 41.2 Å². The maximum atomic E-state index is 13.5. The number of fused-ring (bicyclic) bond motifs is 4. The van der Waals surface area contributed by atoms with Gasteiger partial charge in [-0.05, 0) is 114 Å². The molecule has 10 rings (SSSR count). The number of nitrogens with one attached hydrogen (secondary N) is 2. The summed E-state index contributed by atoms with van der Waals surface area (Å²) in [5.41, 5.74) is 7.06. The second-order valence-electron chi connectivity index (χ2n) is 13.7. The largest absolute Gasteiger partial charge is 0.488 e. The molecule has 0 spiro atoms. The highest BCUT2D eigenvalue weighted by atomic mass is 79.9.